The minimum absolute atomic E-state index is 0.0813. The molecular formula is C19H19ClN2O4S. The van der Waals surface area contributed by atoms with E-state index in [1.54, 1.807) is 47.4 Å². The Kier molecular flexibility index (Phi) is 4.71. The highest BCUT2D eigenvalue weighted by Crippen LogP contribution is 2.35. The highest BCUT2D eigenvalue weighted by molar-refractivity contribution is 7.96. The van der Waals surface area contributed by atoms with Crippen LogP contribution in [0.2, 0.25) is 5.02 Å². The fraction of sp³-hybridized carbons (Fsp3) is 0.316. The SMILES string of the molecule is O=C(c1ccc(Cl)cc1)N1CCC2(CC1)COc1ccccc1[S+](=O)([O-])N2. The van der Waals surface area contributed by atoms with Gasteiger partial charge in [0.2, 0.25) is 4.90 Å². The average molecular weight is 407 g/mol. The lowest BCUT2D eigenvalue weighted by Gasteiger charge is -2.40. The highest BCUT2D eigenvalue weighted by Gasteiger charge is 2.46. The molecule has 2 aliphatic heterocycles. The predicted octanol–water partition coefficient (Wildman–Crippen LogP) is 2.90. The molecule has 1 fully saturated rings. The molecule has 0 bridgehead atoms. The van der Waals surface area contributed by atoms with E-state index in [1.807, 2.05) is 0 Å². The molecule has 1 amide bonds. The number of carbonyl (C=O) groups is 1. The summed E-state index contributed by atoms with van der Waals surface area (Å²) in [6.45, 7) is 1.14. The van der Waals surface area contributed by atoms with Gasteiger partial charge in [-0.25, -0.2) is 0 Å². The van der Waals surface area contributed by atoms with E-state index in [-0.39, 0.29) is 17.4 Å². The smallest absolute Gasteiger partial charge is 0.253 e. The molecule has 1 N–H and O–H groups in total. The molecule has 1 saturated heterocycles. The Balaban J connectivity index is 1.49. The van der Waals surface area contributed by atoms with Crippen molar-refractivity contribution in [1.82, 2.24) is 9.62 Å². The topological polar surface area (TPSA) is 81.7 Å². The van der Waals surface area contributed by atoms with Gasteiger partial charge in [0, 0.05) is 23.7 Å². The van der Waals surface area contributed by atoms with Crippen LogP contribution >= 0.6 is 11.6 Å². The van der Waals surface area contributed by atoms with Crippen LogP contribution in [0.4, 0.5) is 0 Å². The van der Waals surface area contributed by atoms with Gasteiger partial charge in [-0.2, -0.15) is 0 Å². The Morgan fingerprint density at radius 1 is 1.15 bits per heavy atom. The van der Waals surface area contributed by atoms with Gasteiger partial charge < -0.3 is 14.2 Å². The molecule has 0 saturated carbocycles. The van der Waals surface area contributed by atoms with Crippen LogP contribution in [0.1, 0.15) is 23.2 Å². The first-order valence-corrected chi connectivity index (χ1v) is 10.6. The number of rotatable bonds is 1. The number of sulfonamides is 1. The van der Waals surface area contributed by atoms with E-state index in [4.69, 9.17) is 16.3 Å². The van der Waals surface area contributed by atoms with Crippen molar-refractivity contribution in [2.75, 3.05) is 19.7 Å². The van der Waals surface area contributed by atoms with Gasteiger partial charge in [-0.3, -0.25) is 4.79 Å². The normalized spacial score (nSPS) is 24.0. The molecule has 2 aliphatic rings. The first-order chi connectivity index (χ1) is 12.9. The number of hydrogen-bond donors (Lipinski definition) is 1. The number of likely N-dealkylation sites (tertiary alicyclic amines) is 1. The number of para-hydroxylation sites is 1. The number of nitrogens with zero attached hydrogens (tertiary/aromatic N) is 1. The molecule has 1 unspecified atom stereocenters. The van der Waals surface area contributed by atoms with Gasteiger partial charge >= 0.3 is 0 Å². The van der Waals surface area contributed by atoms with Gasteiger partial charge in [0.05, 0.1) is 0 Å². The van der Waals surface area contributed by atoms with Crippen LogP contribution in [0.15, 0.2) is 53.4 Å². The van der Waals surface area contributed by atoms with Gasteiger partial charge in [0.1, 0.15) is 12.1 Å². The monoisotopic (exact) mass is 406 g/mol. The molecule has 0 radical (unpaired) electrons. The van der Waals surface area contributed by atoms with E-state index in [2.05, 4.69) is 4.72 Å². The summed E-state index contributed by atoms with van der Waals surface area (Å²) in [5.74, 6) is 0.281. The van der Waals surface area contributed by atoms with Crippen molar-refractivity contribution in [2.45, 2.75) is 23.3 Å². The molecular weight excluding hydrogens is 388 g/mol. The zero-order valence-corrected chi connectivity index (χ0v) is 16.1. The van der Waals surface area contributed by atoms with Gasteiger partial charge in [-0.15, -0.1) is 4.72 Å². The first-order valence-electron chi connectivity index (χ1n) is 8.69. The minimum atomic E-state index is -3.67. The van der Waals surface area contributed by atoms with Crippen LogP contribution in [0.3, 0.4) is 0 Å². The number of amides is 1. The fourth-order valence-corrected chi connectivity index (χ4v) is 5.25. The summed E-state index contributed by atoms with van der Waals surface area (Å²) in [7, 11) is -3.67. The summed E-state index contributed by atoms with van der Waals surface area (Å²) in [4.78, 5) is 14.6. The summed E-state index contributed by atoms with van der Waals surface area (Å²) in [5, 5.41) is 0.578. The van der Waals surface area contributed by atoms with Crippen molar-refractivity contribution in [2.24, 2.45) is 0 Å². The van der Waals surface area contributed by atoms with Crippen molar-refractivity contribution in [3.63, 3.8) is 0 Å². The molecule has 0 aliphatic carbocycles. The lowest BCUT2D eigenvalue weighted by Crippen LogP contribution is -2.59. The zero-order valence-electron chi connectivity index (χ0n) is 14.5. The molecule has 1 spiro atoms. The Bertz CT molecular complexity index is 910. The average Bonchev–Trinajstić information content (AvgIpc) is 2.77. The van der Waals surface area contributed by atoms with Crippen LogP contribution in [-0.4, -0.2) is 40.6 Å². The number of ether oxygens (including phenoxy) is 1. The molecule has 2 aromatic carbocycles. The lowest BCUT2D eigenvalue weighted by atomic mass is 9.89. The van der Waals surface area contributed by atoms with Crippen LogP contribution in [0.25, 0.3) is 0 Å². The van der Waals surface area contributed by atoms with Crippen LogP contribution in [0, 0.1) is 0 Å². The maximum Gasteiger partial charge on any atom is 0.253 e. The number of nitrogens with one attached hydrogen (secondary N) is 1. The molecule has 4 rings (SSSR count). The van der Waals surface area contributed by atoms with E-state index in [0.717, 1.165) is 0 Å². The highest BCUT2D eigenvalue weighted by atomic mass is 35.5. The maximum absolute atomic E-state index is 12.8. The van der Waals surface area contributed by atoms with Crippen molar-refractivity contribution < 1.29 is 18.3 Å². The van der Waals surface area contributed by atoms with Crippen LogP contribution in [-0.2, 0) is 14.6 Å². The second kappa shape index (κ2) is 6.91. The minimum Gasteiger partial charge on any atom is -0.593 e. The molecule has 6 nitrogen and oxygen atoms in total. The summed E-state index contributed by atoms with van der Waals surface area (Å²) in [5.41, 5.74) is -0.144. The van der Waals surface area contributed by atoms with Crippen molar-refractivity contribution >= 4 is 27.9 Å². The Morgan fingerprint density at radius 2 is 1.81 bits per heavy atom. The van der Waals surface area contributed by atoms with Crippen molar-refractivity contribution in [3.05, 3.63) is 59.1 Å². The van der Waals surface area contributed by atoms with Crippen molar-refractivity contribution in [1.29, 1.82) is 0 Å². The second-order valence-electron chi connectivity index (χ2n) is 6.92. The van der Waals surface area contributed by atoms with Crippen molar-refractivity contribution in [3.8, 4) is 5.75 Å². The van der Waals surface area contributed by atoms with Crippen LogP contribution in [0.5, 0.6) is 5.75 Å². The lowest BCUT2D eigenvalue weighted by molar-refractivity contribution is 0.0604. The number of fused-ring (bicyclic) bond motifs is 1. The third-order valence-electron chi connectivity index (χ3n) is 5.09. The number of halogens is 1. The molecule has 1 atom stereocenters. The summed E-state index contributed by atoms with van der Waals surface area (Å²) < 4.78 is 34.1. The number of carbonyl (C=O) groups excluding carboxylic acids is 1. The molecule has 27 heavy (non-hydrogen) atoms. The molecule has 0 aromatic heterocycles. The van der Waals surface area contributed by atoms with E-state index in [0.29, 0.717) is 42.3 Å². The van der Waals surface area contributed by atoms with Gasteiger partial charge in [0.25, 0.3) is 5.91 Å². The van der Waals surface area contributed by atoms with E-state index >= 15 is 0 Å². The third kappa shape index (κ3) is 3.60. The summed E-state index contributed by atoms with van der Waals surface area (Å²) in [6, 6.07) is 13.4. The van der Waals surface area contributed by atoms with Gasteiger partial charge in [-0.1, -0.05) is 27.9 Å². The van der Waals surface area contributed by atoms with Gasteiger partial charge in [-0.05, 0) is 49.2 Å². The fourth-order valence-electron chi connectivity index (χ4n) is 3.54. The van der Waals surface area contributed by atoms with E-state index < -0.39 is 15.9 Å². The number of benzene rings is 2. The molecule has 2 heterocycles. The largest absolute Gasteiger partial charge is 0.593 e. The number of piperidine rings is 1. The van der Waals surface area contributed by atoms with Gasteiger partial charge in [0.15, 0.2) is 16.1 Å². The standard InChI is InChI=1S/C19H19ClN2O4S/c20-15-7-5-14(6-8-15)18(23)22-11-9-19(10-12-22)13-26-16-3-1-2-4-17(16)27(24,25)21-19/h1-8H,9-13H2,(H-,21,24,25). The Morgan fingerprint density at radius 3 is 2.52 bits per heavy atom. The zero-order chi connectivity index (χ0) is 19.1. The van der Waals surface area contributed by atoms with Crippen LogP contribution < -0.4 is 9.46 Å². The summed E-state index contributed by atoms with van der Waals surface area (Å²) in [6.07, 6.45) is 0.971. The first kappa shape index (κ1) is 18.4. The molecule has 142 valence electrons. The third-order valence-corrected chi connectivity index (χ3v) is 6.96. The quantitative estimate of drug-likeness (QED) is 0.738. The second-order valence-corrected chi connectivity index (χ2v) is 9.01. The Hall–Kier alpha value is -1.93. The number of hydrogen-bond acceptors (Lipinski definition) is 4. The Labute approximate surface area is 163 Å². The summed E-state index contributed by atoms with van der Waals surface area (Å²) >= 11 is 5.88. The predicted molar refractivity (Wildman–Crippen MR) is 101 cm³/mol. The molecule has 8 heteroatoms. The maximum atomic E-state index is 12.8. The van der Waals surface area contributed by atoms with E-state index in [1.165, 1.54) is 6.07 Å². The van der Waals surface area contributed by atoms with E-state index in [9.17, 15) is 13.6 Å². The molecule has 2 aromatic rings.